The Labute approximate surface area is 159 Å². The maximum Gasteiger partial charge on any atom is 0.134 e. The second kappa shape index (κ2) is 7.40. The molecule has 1 saturated heterocycles. The van der Waals surface area contributed by atoms with Crippen molar-refractivity contribution in [2.45, 2.75) is 6.10 Å². The summed E-state index contributed by atoms with van der Waals surface area (Å²) in [6.07, 6.45) is 1.64. The third-order valence-electron chi connectivity index (χ3n) is 4.93. The lowest BCUT2D eigenvalue weighted by Gasteiger charge is -2.34. The summed E-state index contributed by atoms with van der Waals surface area (Å²) in [6.45, 7) is 2.27. The molecule has 2 aromatic carbocycles. The van der Waals surface area contributed by atoms with Crippen molar-refractivity contribution in [2.24, 2.45) is 0 Å². The number of fused-ring (bicyclic) bond motifs is 1. The van der Waals surface area contributed by atoms with Gasteiger partial charge >= 0.3 is 0 Å². The molecule has 1 aliphatic rings. The maximum atomic E-state index is 6.07. The van der Waals surface area contributed by atoms with Crippen LogP contribution in [0.25, 0.3) is 10.8 Å². The Morgan fingerprint density at radius 3 is 2.70 bits per heavy atom. The third kappa shape index (κ3) is 3.66. The molecule has 6 nitrogen and oxygen atoms in total. The first-order chi connectivity index (χ1) is 13.1. The topological polar surface area (TPSA) is 50.7 Å². The van der Waals surface area contributed by atoms with Crippen molar-refractivity contribution < 1.29 is 9.47 Å². The molecule has 27 heavy (non-hydrogen) atoms. The number of rotatable bonds is 4. The van der Waals surface area contributed by atoms with Crippen LogP contribution in [-0.2, 0) is 4.74 Å². The number of aromatic nitrogens is 2. The molecule has 0 amide bonds. The lowest BCUT2D eigenvalue weighted by atomic mass is 10.0. The van der Waals surface area contributed by atoms with Crippen LogP contribution in [0.15, 0.2) is 48.8 Å². The summed E-state index contributed by atoms with van der Waals surface area (Å²) in [7, 11) is 5.66. The average molecular weight is 364 g/mol. The fraction of sp³-hybridized carbons (Fsp3) is 0.333. The third-order valence-corrected chi connectivity index (χ3v) is 4.93. The largest absolute Gasteiger partial charge is 0.497 e. The van der Waals surface area contributed by atoms with Crippen molar-refractivity contribution in [1.29, 1.82) is 0 Å². The van der Waals surface area contributed by atoms with E-state index in [2.05, 4.69) is 45.2 Å². The van der Waals surface area contributed by atoms with Crippen LogP contribution < -0.4 is 14.5 Å². The molecule has 4 rings (SSSR count). The predicted molar refractivity (Wildman–Crippen MR) is 108 cm³/mol. The van der Waals surface area contributed by atoms with Gasteiger partial charge in [-0.3, -0.25) is 0 Å². The van der Waals surface area contributed by atoms with Crippen LogP contribution in [-0.4, -0.2) is 50.9 Å². The van der Waals surface area contributed by atoms with Crippen molar-refractivity contribution in [3.05, 3.63) is 54.4 Å². The Hall–Kier alpha value is -2.86. The molecule has 0 bridgehead atoms. The number of morpholine rings is 1. The van der Waals surface area contributed by atoms with Crippen LogP contribution in [0.2, 0.25) is 0 Å². The quantitative estimate of drug-likeness (QED) is 0.708. The summed E-state index contributed by atoms with van der Waals surface area (Å²) in [5, 5.41) is 2.35. The highest BCUT2D eigenvalue weighted by Crippen LogP contribution is 2.29. The molecule has 1 aliphatic heterocycles. The van der Waals surface area contributed by atoms with E-state index in [0.717, 1.165) is 35.9 Å². The highest BCUT2D eigenvalue weighted by atomic mass is 16.5. The molecule has 0 spiro atoms. The van der Waals surface area contributed by atoms with Crippen molar-refractivity contribution in [2.75, 3.05) is 50.7 Å². The molecule has 140 valence electrons. The van der Waals surface area contributed by atoms with Crippen LogP contribution in [0, 0.1) is 0 Å². The van der Waals surface area contributed by atoms with E-state index < -0.39 is 0 Å². The zero-order valence-electron chi connectivity index (χ0n) is 15.9. The summed E-state index contributed by atoms with van der Waals surface area (Å²) in [4.78, 5) is 13.0. The molecular weight excluding hydrogens is 340 g/mol. The van der Waals surface area contributed by atoms with E-state index in [4.69, 9.17) is 9.47 Å². The fourth-order valence-electron chi connectivity index (χ4n) is 3.38. The van der Waals surface area contributed by atoms with Gasteiger partial charge in [-0.25, -0.2) is 9.97 Å². The lowest BCUT2D eigenvalue weighted by molar-refractivity contribution is 0.0396. The van der Waals surface area contributed by atoms with Gasteiger partial charge in [0.2, 0.25) is 0 Å². The van der Waals surface area contributed by atoms with Gasteiger partial charge in [-0.15, -0.1) is 0 Å². The molecular formula is C21H24N4O2. The number of nitrogens with zero attached hydrogens (tertiary/aromatic N) is 4. The summed E-state index contributed by atoms with van der Waals surface area (Å²) in [6, 6.07) is 14.6. The van der Waals surface area contributed by atoms with Crippen LogP contribution in [0.5, 0.6) is 5.75 Å². The molecule has 1 atom stereocenters. The van der Waals surface area contributed by atoms with Crippen LogP contribution in [0.3, 0.4) is 0 Å². The molecule has 0 radical (unpaired) electrons. The first kappa shape index (κ1) is 17.5. The predicted octanol–water partition coefficient (Wildman–Crippen LogP) is 3.28. The Balaban J connectivity index is 1.57. The molecule has 0 aliphatic carbocycles. The van der Waals surface area contributed by atoms with E-state index in [9.17, 15) is 0 Å². The Bertz CT molecular complexity index is 944. The monoisotopic (exact) mass is 364 g/mol. The highest BCUT2D eigenvalue weighted by molar-refractivity contribution is 5.84. The van der Waals surface area contributed by atoms with Crippen LogP contribution >= 0.6 is 0 Å². The molecule has 1 aromatic heterocycles. The zero-order valence-corrected chi connectivity index (χ0v) is 15.9. The van der Waals surface area contributed by atoms with E-state index in [1.807, 2.05) is 31.1 Å². The van der Waals surface area contributed by atoms with E-state index in [0.29, 0.717) is 6.61 Å². The van der Waals surface area contributed by atoms with Crippen molar-refractivity contribution >= 4 is 22.4 Å². The van der Waals surface area contributed by atoms with Crippen molar-refractivity contribution in [3.8, 4) is 5.75 Å². The van der Waals surface area contributed by atoms with Crippen molar-refractivity contribution in [1.82, 2.24) is 9.97 Å². The Morgan fingerprint density at radius 2 is 1.89 bits per heavy atom. The summed E-state index contributed by atoms with van der Waals surface area (Å²) >= 11 is 0. The van der Waals surface area contributed by atoms with E-state index >= 15 is 0 Å². The second-order valence-electron chi connectivity index (χ2n) is 6.91. The molecule has 1 fully saturated rings. The van der Waals surface area contributed by atoms with Gasteiger partial charge in [-0.1, -0.05) is 18.2 Å². The average Bonchev–Trinajstić information content (AvgIpc) is 2.73. The minimum Gasteiger partial charge on any atom is -0.497 e. The fourth-order valence-corrected chi connectivity index (χ4v) is 3.38. The first-order valence-corrected chi connectivity index (χ1v) is 9.07. The van der Waals surface area contributed by atoms with E-state index in [1.54, 1.807) is 13.4 Å². The molecule has 3 aromatic rings. The normalized spacial score (nSPS) is 17.1. The summed E-state index contributed by atoms with van der Waals surface area (Å²) in [5.74, 6) is 2.71. The van der Waals surface area contributed by atoms with Gasteiger partial charge in [0, 0.05) is 33.3 Å². The maximum absolute atomic E-state index is 6.07. The van der Waals surface area contributed by atoms with Crippen LogP contribution in [0.4, 0.5) is 11.6 Å². The molecule has 0 N–H and O–H groups in total. The second-order valence-corrected chi connectivity index (χ2v) is 6.91. The van der Waals surface area contributed by atoms with E-state index in [1.165, 1.54) is 10.9 Å². The molecule has 0 saturated carbocycles. The van der Waals surface area contributed by atoms with Gasteiger partial charge in [-0.05, 0) is 34.5 Å². The first-order valence-electron chi connectivity index (χ1n) is 9.07. The van der Waals surface area contributed by atoms with Gasteiger partial charge < -0.3 is 19.3 Å². The van der Waals surface area contributed by atoms with Crippen molar-refractivity contribution in [3.63, 3.8) is 0 Å². The number of benzene rings is 2. The number of hydrogen-bond donors (Lipinski definition) is 0. The van der Waals surface area contributed by atoms with Gasteiger partial charge in [-0.2, -0.15) is 0 Å². The van der Waals surface area contributed by atoms with E-state index in [-0.39, 0.29) is 6.10 Å². The molecule has 1 unspecified atom stereocenters. The Kier molecular flexibility index (Phi) is 4.81. The zero-order chi connectivity index (χ0) is 18.8. The summed E-state index contributed by atoms with van der Waals surface area (Å²) < 4.78 is 11.4. The van der Waals surface area contributed by atoms with Gasteiger partial charge in [0.25, 0.3) is 0 Å². The lowest BCUT2D eigenvalue weighted by Crippen LogP contribution is -2.39. The standard InChI is InChI=1S/C21H24N4O2/c1-24(2)20-12-21(23-14-22-20)25-8-9-27-19(13-25)17-5-4-16-11-18(26-3)7-6-15(16)10-17/h4-7,10-12,14,19H,8-9,13H2,1-3H3. The van der Waals surface area contributed by atoms with Crippen LogP contribution in [0.1, 0.15) is 11.7 Å². The smallest absolute Gasteiger partial charge is 0.134 e. The Morgan fingerprint density at radius 1 is 1.07 bits per heavy atom. The number of methoxy groups -OCH3 is 1. The molecule has 2 heterocycles. The SMILES string of the molecule is COc1ccc2cc(C3CN(c4cc(N(C)C)ncn4)CCO3)ccc2c1. The number of hydrogen-bond acceptors (Lipinski definition) is 6. The minimum atomic E-state index is 0.0167. The minimum absolute atomic E-state index is 0.0167. The highest BCUT2D eigenvalue weighted by Gasteiger charge is 2.23. The van der Waals surface area contributed by atoms with Gasteiger partial charge in [0.05, 0.1) is 13.7 Å². The number of anilines is 2. The van der Waals surface area contributed by atoms with Gasteiger partial charge in [0.15, 0.2) is 0 Å². The summed E-state index contributed by atoms with van der Waals surface area (Å²) in [5.41, 5.74) is 1.18. The number of ether oxygens (including phenoxy) is 2. The molecule has 6 heteroatoms. The van der Waals surface area contributed by atoms with Gasteiger partial charge in [0.1, 0.15) is 29.8 Å².